The van der Waals surface area contributed by atoms with Gasteiger partial charge in [-0.15, -0.1) is 5.10 Å². The van der Waals surface area contributed by atoms with Crippen LogP contribution in [0.25, 0.3) is 16.6 Å². The van der Waals surface area contributed by atoms with E-state index < -0.39 is 0 Å². The zero-order valence-electron chi connectivity index (χ0n) is 20.0. The molecular weight excluding hydrogens is 434 g/mol. The van der Waals surface area contributed by atoms with Crippen LogP contribution in [0.3, 0.4) is 0 Å². The van der Waals surface area contributed by atoms with Crippen LogP contribution in [-0.2, 0) is 9.53 Å². The molecule has 1 saturated carbocycles. The first-order chi connectivity index (χ1) is 16.4. The van der Waals surface area contributed by atoms with Crippen LogP contribution >= 0.6 is 0 Å². The van der Waals surface area contributed by atoms with Gasteiger partial charge in [-0.25, -0.2) is 9.50 Å². The van der Waals surface area contributed by atoms with E-state index in [4.69, 9.17) is 9.84 Å². The summed E-state index contributed by atoms with van der Waals surface area (Å²) in [4.78, 5) is 18.8. The Balaban J connectivity index is 1.52. The maximum absolute atomic E-state index is 12.5. The number of hydrogen-bond acceptors (Lipinski definition) is 7. The van der Waals surface area contributed by atoms with E-state index in [1.54, 1.807) is 16.7 Å². The van der Waals surface area contributed by atoms with Gasteiger partial charge in [0.25, 0.3) is 0 Å². The van der Waals surface area contributed by atoms with Crippen LogP contribution in [0.2, 0.25) is 0 Å². The fraction of sp³-hybridized carbons (Fsp3) is 0.583. The predicted octanol–water partition coefficient (Wildman–Crippen LogP) is 2.46. The minimum atomic E-state index is -0.249. The monoisotopic (exact) mass is 467 g/mol. The molecule has 1 aliphatic carbocycles. The van der Waals surface area contributed by atoms with Gasteiger partial charge in [-0.1, -0.05) is 0 Å². The van der Waals surface area contributed by atoms with E-state index in [1.165, 1.54) is 0 Å². The molecule has 2 fully saturated rings. The van der Waals surface area contributed by atoms with Crippen LogP contribution in [0.4, 0.5) is 5.95 Å². The van der Waals surface area contributed by atoms with Gasteiger partial charge < -0.3 is 20.1 Å². The Morgan fingerprint density at radius 1 is 1.24 bits per heavy atom. The number of methoxy groups -OCH3 is 1. The molecule has 3 aromatic heterocycles. The number of likely N-dealkylation sites (N-methyl/N-ethyl adjacent to an activating group) is 1. The molecule has 2 atom stereocenters. The van der Waals surface area contributed by atoms with Crippen LogP contribution in [0.15, 0.2) is 24.7 Å². The van der Waals surface area contributed by atoms with Crippen LogP contribution in [0, 0.1) is 0 Å². The number of nitrogens with zero attached hydrogens (tertiary/aromatic N) is 6. The lowest BCUT2D eigenvalue weighted by Gasteiger charge is -2.25. The van der Waals surface area contributed by atoms with E-state index >= 15 is 0 Å². The molecule has 10 nitrogen and oxygen atoms in total. The average Bonchev–Trinajstić information content (AvgIpc) is 3.52. The van der Waals surface area contributed by atoms with Crippen LogP contribution in [-0.4, -0.2) is 79.7 Å². The number of hydrogen-bond donors (Lipinski definition) is 2. The van der Waals surface area contributed by atoms with Crippen molar-refractivity contribution in [1.29, 1.82) is 0 Å². The first-order valence-corrected chi connectivity index (χ1v) is 12.1. The molecule has 0 bridgehead atoms. The fourth-order valence-corrected chi connectivity index (χ4v) is 5.18. The number of carbonyl (C=O) groups excluding carboxylic acids is 1. The molecule has 34 heavy (non-hydrogen) atoms. The Kier molecular flexibility index (Phi) is 6.26. The van der Waals surface area contributed by atoms with Crippen molar-refractivity contribution in [2.75, 3.05) is 32.6 Å². The zero-order valence-corrected chi connectivity index (χ0v) is 20.0. The first-order valence-electron chi connectivity index (χ1n) is 12.1. The molecule has 1 aliphatic heterocycles. The van der Waals surface area contributed by atoms with Crippen molar-refractivity contribution in [3.8, 4) is 11.1 Å². The van der Waals surface area contributed by atoms with E-state index in [2.05, 4.69) is 21.5 Å². The molecule has 0 spiro atoms. The van der Waals surface area contributed by atoms with Crippen LogP contribution in [0.1, 0.15) is 56.7 Å². The number of carbonyl (C=O) groups is 1. The van der Waals surface area contributed by atoms with Gasteiger partial charge in [-0.05, 0) is 45.1 Å². The summed E-state index contributed by atoms with van der Waals surface area (Å²) < 4.78 is 8.99. The summed E-state index contributed by atoms with van der Waals surface area (Å²) in [6.07, 6.45) is 9.60. The van der Waals surface area contributed by atoms with E-state index in [0.29, 0.717) is 18.5 Å². The van der Waals surface area contributed by atoms with Crippen LogP contribution < -0.4 is 5.32 Å². The normalized spacial score (nSPS) is 24.2. The molecule has 10 heteroatoms. The molecule has 5 rings (SSSR count). The minimum absolute atomic E-state index is 0.0751. The number of aliphatic hydroxyl groups is 1. The molecule has 182 valence electrons. The molecule has 1 saturated heterocycles. The number of nitrogens with one attached hydrogen (secondary N) is 1. The highest BCUT2D eigenvalue weighted by Crippen LogP contribution is 2.38. The molecular formula is C24H33N7O3. The molecule has 0 unspecified atom stereocenters. The third-order valence-electron chi connectivity index (χ3n) is 7.08. The SMILES string of the molecule is COC[C@H](C)Nc1ncc2c(-c3cnn([C@@H]4CCN(C)C4=O)c3)cc([C@H]3CC[C@H](O)CC3)n2n1. The van der Waals surface area contributed by atoms with Gasteiger partial charge in [-0.3, -0.25) is 9.48 Å². The highest BCUT2D eigenvalue weighted by atomic mass is 16.5. The number of rotatable bonds is 7. The summed E-state index contributed by atoms with van der Waals surface area (Å²) in [6.45, 7) is 3.33. The number of anilines is 1. The van der Waals surface area contributed by atoms with Crippen LogP contribution in [0.5, 0.6) is 0 Å². The Morgan fingerprint density at radius 3 is 2.74 bits per heavy atom. The molecule has 1 amide bonds. The van der Waals surface area contributed by atoms with Gasteiger partial charge in [0.1, 0.15) is 6.04 Å². The van der Waals surface area contributed by atoms with Crippen molar-refractivity contribution >= 4 is 17.4 Å². The molecule has 2 N–H and O–H groups in total. The minimum Gasteiger partial charge on any atom is -0.393 e. The van der Waals surface area contributed by atoms with Gasteiger partial charge in [0, 0.05) is 55.7 Å². The molecule has 0 radical (unpaired) electrons. The summed E-state index contributed by atoms with van der Waals surface area (Å²) in [5, 5.41) is 22.7. The number of ether oxygens (including phenoxy) is 1. The smallest absolute Gasteiger partial charge is 0.247 e. The quantitative estimate of drug-likeness (QED) is 0.549. The van der Waals surface area contributed by atoms with Crippen molar-refractivity contribution < 1.29 is 14.6 Å². The Bertz CT molecular complexity index is 1160. The van der Waals surface area contributed by atoms with E-state index in [-0.39, 0.29) is 24.1 Å². The van der Waals surface area contributed by atoms with E-state index in [1.807, 2.05) is 37.1 Å². The number of likely N-dealkylation sites (tertiary alicyclic amines) is 1. The maximum atomic E-state index is 12.5. The van der Waals surface area contributed by atoms with E-state index in [0.717, 1.165) is 61.0 Å². The number of amides is 1. The Labute approximate surface area is 198 Å². The number of fused-ring (bicyclic) bond motifs is 1. The van der Waals surface area contributed by atoms with Crippen molar-refractivity contribution in [2.24, 2.45) is 0 Å². The summed E-state index contributed by atoms with van der Waals surface area (Å²) in [7, 11) is 3.51. The maximum Gasteiger partial charge on any atom is 0.247 e. The lowest BCUT2D eigenvalue weighted by Crippen LogP contribution is -2.24. The lowest BCUT2D eigenvalue weighted by atomic mass is 9.85. The summed E-state index contributed by atoms with van der Waals surface area (Å²) in [5.41, 5.74) is 3.97. The number of aliphatic hydroxyl groups excluding tert-OH is 1. The van der Waals surface area contributed by atoms with Crippen molar-refractivity contribution in [2.45, 2.75) is 63.1 Å². The molecule has 3 aromatic rings. The summed E-state index contributed by atoms with van der Waals surface area (Å²) >= 11 is 0. The fourth-order valence-electron chi connectivity index (χ4n) is 5.18. The molecule has 4 heterocycles. The predicted molar refractivity (Wildman–Crippen MR) is 128 cm³/mol. The third-order valence-corrected chi connectivity index (χ3v) is 7.08. The van der Waals surface area contributed by atoms with Gasteiger partial charge >= 0.3 is 0 Å². The van der Waals surface area contributed by atoms with Crippen molar-refractivity contribution in [3.05, 3.63) is 30.4 Å². The second-order valence-corrected chi connectivity index (χ2v) is 9.64. The van der Waals surface area contributed by atoms with Crippen molar-refractivity contribution in [1.82, 2.24) is 29.3 Å². The van der Waals surface area contributed by atoms with Crippen molar-refractivity contribution in [3.63, 3.8) is 0 Å². The lowest BCUT2D eigenvalue weighted by molar-refractivity contribution is -0.129. The Morgan fingerprint density at radius 2 is 2.03 bits per heavy atom. The van der Waals surface area contributed by atoms with Gasteiger partial charge in [0.2, 0.25) is 11.9 Å². The van der Waals surface area contributed by atoms with Gasteiger partial charge in [-0.2, -0.15) is 5.10 Å². The molecule has 2 aliphatic rings. The largest absolute Gasteiger partial charge is 0.393 e. The second-order valence-electron chi connectivity index (χ2n) is 9.64. The van der Waals surface area contributed by atoms with Gasteiger partial charge in [0.15, 0.2) is 0 Å². The topological polar surface area (TPSA) is 110 Å². The highest BCUT2D eigenvalue weighted by molar-refractivity contribution is 5.83. The summed E-state index contributed by atoms with van der Waals surface area (Å²) in [6, 6.07) is 2.01. The van der Waals surface area contributed by atoms with Gasteiger partial charge in [0.05, 0.1) is 30.6 Å². The number of aromatic nitrogens is 5. The standard InChI is InChI=1S/C24H33N7O3/c1-15(14-34-3)27-24-25-12-22-19(10-21(31(22)28-24)16-4-6-18(32)7-5-16)17-11-26-30(13-17)20-8-9-29(2)23(20)33/h10-13,15-16,18,20,32H,4-9,14H2,1-3H3,(H,27,28)/t15-,16-,18-,20+/m0/s1. The van der Waals surface area contributed by atoms with E-state index in [9.17, 15) is 9.90 Å². The molecule has 0 aromatic carbocycles. The third kappa shape index (κ3) is 4.27. The zero-order chi connectivity index (χ0) is 23.8. The summed E-state index contributed by atoms with van der Waals surface area (Å²) in [5.74, 6) is 0.956. The Hall–Kier alpha value is -2.98. The first kappa shape index (κ1) is 22.8. The highest BCUT2D eigenvalue weighted by Gasteiger charge is 2.32. The average molecular weight is 468 g/mol. The second kappa shape index (κ2) is 9.34.